The van der Waals surface area contributed by atoms with Crippen molar-refractivity contribution in [3.63, 3.8) is 0 Å². The zero-order valence-electron chi connectivity index (χ0n) is 12.4. The number of aliphatic imine (C=N–C) groups is 1. The van der Waals surface area contributed by atoms with Crippen LogP contribution >= 0.6 is 0 Å². The molecule has 1 aliphatic rings. The summed E-state index contributed by atoms with van der Waals surface area (Å²) in [6.07, 6.45) is 1.23. The molecule has 0 spiro atoms. The van der Waals surface area contributed by atoms with Crippen molar-refractivity contribution in [3.8, 4) is 0 Å². The fourth-order valence-electron chi connectivity index (χ4n) is 1.82. The van der Waals surface area contributed by atoms with Crippen LogP contribution in [0.3, 0.4) is 0 Å². The molecular formula is C12H26N4O3S. The number of nitrogens with zero attached hydrogens (tertiary/aromatic N) is 2. The van der Waals surface area contributed by atoms with Crippen LogP contribution in [-0.2, 0) is 14.6 Å². The number of hydrogen-bond donors (Lipinski definition) is 2. The van der Waals surface area contributed by atoms with Crippen LogP contribution in [0.4, 0.5) is 0 Å². The first-order valence-electron chi connectivity index (χ1n) is 7.01. The molecule has 0 unspecified atom stereocenters. The third-order valence-corrected chi connectivity index (χ3v) is 3.85. The molecule has 1 heterocycles. The predicted molar refractivity (Wildman–Crippen MR) is 81.0 cm³/mol. The van der Waals surface area contributed by atoms with Crippen molar-refractivity contribution in [2.75, 3.05) is 64.5 Å². The van der Waals surface area contributed by atoms with Gasteiger partial charge in [-0.3, -0.25) is 9.89 Å². The second kappa shape index (κ2) is 9.15. The lowest BCUT2D eigenvalue weighted by Crippen LogP contribution is -2.41. The molecule has 0 radical (unpaired) electrons. The summed E-state index contributed by atoms with van der Waals surface area (Å²) in [6.45, 7) is 8.17. The molecule has 20 heavy (non-hydrogen) atoms. The average molecular weight is 306 g/mol. The second-order valence-corrected chi connectivity index (χ2v) is 7.03. The van der Waals surface area contributed by atoms with Gasteiger partial charge in [0, 0.05) is 39.0 Å². The highest BCUT2D eigenvalue weighted by molar-refractivity contribution is 7.90. The van der Waals surface area contributed by atoms with Gasteiger partial charge in [-0.05, 0) is 6.92 Å². The van der Waals surface area contributed by atoms with E-state index in [0.717, 1.165) is 39.4 Å². The van der Waals surface area contributed by atoms with Gasteiger partial charge in [-0.2, -0.15) is 0 Å². The number of rotatable bonds is 7. The van der Waals surface area contributed by atoms with Crippen molar-refractivity contribution < 1.29 is 13.2 Å². The molecule has 0 atom stereocenters. The third kappa shape index (κ3) is 8.34. The van der Waals surface area contributed by atoms with Crippen molar-refractivity contribution in [2.24, 2.45) is 4.99 Å². The van der Waals surface area contributed by atoms with E-state index in [0.29, 0.717) is 19.0 Å². The molecular weight excluding hydrogens is 280 g/mol. The fraction of sp³-hybridized carbons (Fsp3) is 0.917. The second-order valence-electron chi connectivity index (χ2n) is 4.77. The van der Waals surface area contributed by atoms with E-state index in [9.17, 15) is 8.42 Å². The molecule has 0 bridgehead atoms. The molecule has 0 aromatic rings. The Hall–Kier alpha value is -0.860. The van der Waals surface area contributed by atoms with E-state index >= 15 is 0 Å². The average Bonchev–Trinajstić information content (AvgIpc) is 2.38. The van der Waals surface area contributed by atoms with Gasteiger partial charge >= 0.3 is 0 Å². The van der Waals surface area contributed by atoms with Gasteiger partial charge in [0.2, 0.25) is 0 Å². The van der Waals surface area contributed by atoms with E-state index < -0.39 is 9.84 Å². The van der Waals surface area contributed by atoms with Gasteiger partial charge in [0.1, 0.15) is 9.84 Å². The van der Waals surface area contributed by atoms with Crippen LogP contribution in [0.1, 0.15) is 6.92 Å². The van der Waals surface area contributed by atoms with Crippen molar-refractivity contribution in [1.82, 2.24) is 15.5 Å². The molecule has 0 saturated carbocycles. The maximum atomic E-state index is 11.1. The van der Waals surface area contributed by atoms with Crippen molar-refractivity contribution >= 4 is 15.8 Å². The first-order valence-corrected chi connectivity index (χ1v) is 9.07. The Bertz CT molecular complexity index is 392. The van der Waals surface area contributed by atoms with Gasteiger partial charge in [-0.25, -0.2) is 8.42 Å². The first-order chi connectivity index (χ1) is 9.51. The van der Waals surface area contributed by atoms with E-state index in [2.05, 4.69) is 20.5 Å². The monoisotopic (exact) mass is 306 g/mol. The van der Waals surface area contributed by atoms with Gasteiger partial charge in [-0.15, -0.1) is 0 Å². The van der Waals surface area contributed by atoms with E-state index in [4.69, 9.17) is 4.74 Å². The van der Waals surface area contributed by atoms with E-state index in [1.807, 2.05) is 6.92 Å². The van der Waals surface area contributed by atoms with Crippen LogP contribution in [0.2, 0.25) is 0 Å². The van der Waals surface area contributed by atoms with E-state index in [-0.39, 0.29) is 5.75 Å². The smallest absolute Gasteiger partial charge is 0.191 e. The standard InChI is InChI=1S/C12H26N4O3S/c1-3-13-12(15-5-11-20(2,17)18)14-4-6-16-7-9-19-10-8-16/h3-11H2,1-2H3,(H2,13,14,15). The maximum absolute atomic E-state index is 11.1. The summed E-state index contributed by atoms with van der Waals surface area (Å²) < 4.78 is 27.4. The number of sulfone groups is 1. The highest BCUT2D eigenvalue weighted by atomic mass is 32.2. The van der Waals surface area contributed by atoms with Crippen molar-refractivity contribution in [1.29, 1.82) is 0 Å². The molecule has 1 aliphatic heterocycles. The highest BCUT2D eigenvalue weighted by Crippen LogP contribution is 1.95. The van der Waals surface area contributed by atoms with Crippen LogP contribution < -0.4 is 10.6 Å². The lowest BCUT2D eigenvalue weighted by Gasteiger charge is -2.25. The van der Waals surface area contributed by atoms with Crippen LogP contribution in [0.15, 0.2) is 4.99 Å². The van der Waals surface area contributed by atoms with Gasteiger partial charge in [0.05, 0.1) is 25.5 Å². The largest absolute Gasteiger partial charge is 0.379 e. The van der Waals surface area contributed by atoms with Crippen LogP contribution in [0, 0.1) is 0 Å². The maximum Gasteiger partial charge on any atom is 0.191 e. The molecule has 0 aromatic carbocycles. The Morgan fingerprint density at radius 1 is 1.30 bits per heavy atom. The van der Waals surface area contributed by atoms with Gasteiger partial charge in [-0.1, -0.05) is 0 Å². The minimum Gasteiger partial charge on any atom is -0.379 e. The Labute approximate surface area is 121 Å². The molecule has 8 heteroatoms. The number of morpholine rings is 1. The zero-order valence-corrected chi connectivity index (χ0v) is 13.2. The lowest BCUT2D eigenvalue weighted by atomic mass is 10.4. The van der Waals surface area contributed by atoms with Crippen LogP contribution in [-0.4, -0.2) is 83.8 Å². The molecule has 2 N–H and O–H groups in total. The summed E-state index contributed by atoms with van der Waals surface area (Å²) >= 11 is 0. The molecule has 1 saturated heterocycles. The Balaban J connectivity index is 2.29. The van der Waals surface area contributed by atoms with Gasteiger partial charge < -0.3 is 15.4 Å². The minimum absolute atomic E-state index is 0.112. The summed E-state index contributed by atoms with van der Waals surface area (Å²) in [7, 11) is -2.94. The van der Waals surface area contributed by atoms with Crippen molar-refractivity contribution in [3.05, 3.63) is 0 Å². The molecule has 7 nitrogen and oxygen atoms in total. The molecule has 0 amide bonds. The predicted octanol–water partition coefficient (Wildman–Crippen LogP) is -1.08. The minimum atomic E-state index is -2.94. The number of hydrogen-bond acceptors (Lipinski definition) is 5. The Morgan fingerprint density at radius 3 is 2.60 bits per heavy atom. The summed E-state index contributed by atoms with van der Waals surface area (Å²) in [6, 6.07) is 0. The summed E-state index contributed by atoms with van der Waals surface area (Å²) in [5, 5.41) is 6.14. The third-order valence-electron chi connectivity index (χ3n) is 2.90. The molecule has 0 aromatic heterocycles. The van der Waals surface area contributed by atoms with Crippen LogP contribution in [0.25, 0.3) is 0 Å². The number of ether oxygens (including phenoxy) is 1. The van der Waals surface area contributed by atoms with Gasteiger partial charge in [0.25, 0.3) is 0 Å². The highest BCUT2D eigenvalue weighted by Gasteiger charge is 2.09. The summed E-state index contributed by atoms with van der Waals surface area (Å²) in [5.74, 6) is 0.783. The number of nitrogens with one attached hydrogen (secondary N) is 2. The van der Waals surface area contributed by atoms with E-state index in [1.54, 1.807) is 0 Å². The SMILES string of the molecule is CCNC(=NCCN1CCOCC1)NCCS(C)(=O)=O. The zero-order chi connectivity index (χ0) is 14.8. The van der Waals surface area contributed by atoms with Gasteiger partial charge in [0.15, 0.2) is 5.96 Å². The Kier molecular flexibility index (Phi) is 7.86. The summed E-state index contributed by atoms with van der Waals surface area (Å²) in [5.41, 5.74) is 0. The molecule has 1 fully saturated rings. The molecule has 1 rings (SSSR count). The quantitative estimate of drug-likeness (QED) is 0.460. The topological polar surface area (TPSA) is 83.0 Å². The van der Waals surface area contributed by atoms with Crippen LogP contribution in [0.5, 0.6) is 0 Å². The van der Waals surface area contributed by atoms with E-state index in [1.165, 1.54) is 6.26 Å². The lowest BCUT2D eigenvalue weighted by molar-refractivity contribution is 0.0394. The molecule has 0 aliphatic carbocycles. The molecule has 118 valence electrons. The Morgan fingerprint density at radius 2 is 2.00 bits per heavy atom. The summed E-state index contributed by atoms with van der Waals surface area (Å²) in [4.78, 5) is 6.76. The first kappa shape index (κ1) is 17.2. The number of guanidine groups is 1. The normalized spacial score (nSPS) is 18.0. The fourth-order valence-corrected chi connectivity index (χ4v) is 2.30. The van der Waals surface area contributed by atoms with Crippen molar-refractivity contribution in [2.45, 2.75) is 6.92 Å².